The molecule has 1 atom stereocenters. The molecule has 2 aromatic carbocycles. The van der Waals surface area contributed by atoms with E-state index in [0.717, 1.165) is 16.7 Å². The second-order valence-corrected chi connectivity index (χ2v) is 5.95. The summed E-state index contributed by atoms with van der Waals surface area (Å²) in [6.45, 7) is 4.37. The molecule has 0 aromatic heterocycles. The van der Waals surface area contributed by atoms with Crippen LogP contribution in [0.15, 0.2) is 48.5 Å². The molecular weight excluding hydrogens is 302 g/mol. The Balaban J connectivity index is 1.96. The fourth-order valence-corrected chi connectivity index (χ4v) is 2.57. The third-order valence-corrected chi connectivity index (χ3v) is 4.24. The molecule has 4 heteroatoms. The molecule has 2 aromatic rings. The summed E-state index contributed by atoms with van der Waals surface area (Å²) in [6, 6.07) is 15.1. The van der Waals surface area contributed by atoms with Gasteiger partial charge >= 0.3 is 5.97 Å². The summed E-state index contributed by atoms with van der Waals surface area (Å²) in [7, 11) is 0. The van der Waals surface area contributed by atoms with E-state index in [1.165, 1.54) is 0 Å². The third kappa shape index (κ3) is 4.69. The largest absolute Gasteiger partial charge is 0.481 e. The van der Waals surface area contributed by atoms with Gasteiger partial charge in [-0.25, -0.2) is 0 Å². The molecule has 0 aliphatic heterocycles. The van der Waals surface area contributed by atoms with E-state index in [1.807, 2.05) is 50.2 Å². The van der Waals surface area contributed by atoms with E-state index in [0.29, 0.717) is 24.9 Å². The van der Waals surface area contributed by atoms with Crippen LogP contribution in [0.25, 0.3) is 0 Å². The zero-order chi connectivity index (χ0) is 17.5. The summed E-state index contributed by atoms with van der Waals surface area (Å²) in [6.07, 6.45) is 1.07. The Kier molecular flexibility index (Phi) is 6.13. The predicted octanol–water partition coefficient (Wildman–Crippen LogP) is 3.58. The molecule has 0 fully saturated rings. The first-order valence-corrected chi connectivity index (χ1v) is 8.15. The van der Waals surface area contributed by atoms with Crippen molar-refractivity contribution in [1.29, 1.82) is 0 Å². The van der Waals surface area contributed by atoms with Crippen molar-refractivity contribution in [3.63, 3.8) is 0 Å². The fourth-order valence-electron chi connectivity index (χ4n) is 2.57. The summed E-state index contributed by atoms with van der Waals surface area (Å²) in [5.41, 5.74) is 3.75. The molecule has 2 rings (SSSR count). The number of hydrogen-bond acceptors (Lipinski definition) is 2. The van der Waals surface area contributed by atoms with E-state index in [1.54, 1.807) is 12.1 Å². The molecule has 0 bridgehead atoms. The first-order chi connectivity index (χ1) is 11.5. The van der Waals surface area contributed by atoms with Crippen LogP contribution in [-0.4, -0.2) is 17.0 Å². The monoisotopic (exact) mass is 325 g/mol. The van der Waals surface area contributed by atoms with E-state index >= 15 is 0 Å². The molecule has 1 unspecified atom stereocenters. The Morgan fingerprint density at radius 2 is 1.75 bits per heavy atom. The summed E-state index contributed by atoms with van der Waals surface area (Å²) >= 11 is 0. The van der Waals surface area contributed by atoms with Gasteiger partial charge in [-0.3, -0.25) is 9.59 Å². The second kappa shape index (κ2) is 8.29. The van der Waals surface area contributed by atoms with Crippen molar-refractivity contribution in [2.75, 3.05) is 0 Å². The highest BCUT2D eigenvalue weighted by Gasteiger charge is 2.15. The third-order valence-electron chi connectivity index (χ3n) is 4.24. The van der Waals surface area contributed by atoms with Crippen molar-refractivity contribution in [3.8, 4) is 0 Å². The maximum atomic E-state index is 12.2. The number of carboxylic acid groups (broad SMARTS) is 1. The highest BCUT2D eigenvalue weighted by Crippen LogP contribution is 2.14. The van der Waals surface area contributed by atoms with Gasteiger partial charge in [0.2, 0.25) is 0 Å². The number of carbonyl (C=O) groups is 2. The Hall–Kier alpha value is -2.62. The van der Waals surface area contributed by atoms with Crippen molar-refractivity contribution in [2.24, 2.45) is 5.92 Å². The minimum absolute atomic E-state index is 0.130. The quantitative estimate of drug-likeness (QED) is 0.818. The van der Waals surface area contributed by atoms with Crippen LogP contribution in [0.3, 0.4) is 0 Å². The summed E-state index contributed by atoms with van der Waals surface area (Å²) in [5, 5.41) is 12.0. The molecule has 126 valence electrons. The number of carboxylic acids is 1. The van der Waals surface area contributed by atoms with Crippen LogP contribution in [0.5, 0.6) is 0 Å². The molecule has 0 aliphatic rings. The van der Waals surface area contributed by atoms with Gasteiger partial charge in [0.1, 0.15) is 0 Å². The summed E-state index contributed by atoms with van der Waals surface area (Å²) in [5.74, 6) is -1.29. The van der Waals surface area contributed by atoms with Gasteiger partial charge in [0.15, 0.2) is 0 Å². The number of rotatable bonds is 7. The molecule has 24 heavy (non-hydrogen) atoms. The molecule has 0 radical (unpaired) electrons. The van der Waals surface area contributed by atoms with Gasteiger partial charge in [-0.05, 0) is 48.6 Å². The molecule has 0 saturated heterocycles. The topological polar surface area (TPSA) is 66.4 Å². The average molecular weight is 325 g/mol. The molecule has 4 nitrogen and oxygen atoms in total. The number of carbonyl (C=O) groups excluding carboxylic acids is 1. The maximum absolute atomic E-state index is 12.2. The van der Waals surface area contributed by atoms with Crippen molar-refractivity contribution in [3.05, 3.63) is 70.8 Å². The smallest absolute Gasteiger partial charge is 0.306 e. The number of benzene rings is 2. The number of hydrogen-bond donors (Lipinski definition) is 2. The molecule has 0 spiro atoms. The van der Waals surface area contributed by atoms with E-state index in [9.17, 15) is 9.59 Å². The number of amides is 1. The zero-order valence-electron chi connectivity index (χ0n) is 14.1. The van der Waals surface area contributed by atoms with Gasteiger partial charge < -0.3 is 10.4 Å². The van der Waals surface area contributed by atoms with Gasteiger partial charge in [0, 0.05) is 12.1 Å². The summed E-state index contributed by atoms with van der Waals surface area (Å²) in [4.78, 5) is 23.3. The van der Waals surface area contributed by atoms with Gasteiger partial charge in [0.25, 0.3) is 5.91 Å². The van der Waals surface area contributed by atoms with Gasteiger partial charge in [-0.15, -0.1) is 0 Å². The predicted molar refractivity (Wildman–Crippen MR) is 93.9 cm³/mol. The first kappa shape index (κ1) is 17.7. The lowest BCUT2D eigenvalue weighted by Gasteiger charge is -2.11. The Labute approximate surface area is 142 Å². The molecule has 0 heterocycles. The van der Waals surface area contributed by atoms with Crippen LogP contribution < -0.4 is 5.32 Å². The second-order valence-electron chi connectivity index (χ2n) is 5.95. The van der Waals surface area contributed by atoms with Gasteiger partial charge in [-0.1, -0.05) is 43.3 Å². The average Bonchev–Trinajstić information content (AvgIpc) is 2.59. The van der Waals surface area contributed by atoms with Crippen LogP contribution in [0, 0.1) is 12.8 Å². The Morgan fingerprint density at radius 3 is 2.33 bits per heavy atom. The standard InChI is InChI=1S/C20H23NO3/c1-3-16(20(23)24)12-15-8-10-17(11-9-15)19(22)21-13-18-7-5-4-6-14(18)2/h4-11,16H,3,12-13H2,1-2H3,(H,21,22)(H,23,24). The van der Waals surface area contributed by atoms with Crippen LogP contribution in [0.2, 0.25) is 0 Å². The maximum Gasteiger partial charge on any atom is 0.306 e. The first-order valence-electron chi connectivity index (χ1n) is 8.15. The van der Waals surface area contributed by atoms with Crippen molar-refractivity contribution in [2.45, 2.75) is 33.2 Å². The van der Waals surface area contributed by atoms with Crippen LogP contribution in [0.1, 0.15) is 40.4 Å². The fraction of sp³-hybridized carbons (Fsp3) is 0.300. The van der Waals surface area contributed by atoms with Crippen LogP contribution in [0.4, 0.5) is 0 Å². The molecule has 1 amide bonds. The molecule has 2 N–H and O–H groups in total. The highest BCUT2D eigenvalue weighted by molar-refractivity contribution is 5.94. The Bertz CT molecular complexity index is 707. The van der Waals surface area contributed by atoms with Gasteiger partial charge in [-0.2, -0.15) is 0 Å². The summed E-state index contributed by atoms with van der Waals surface area (Å²) < 4.78 is 0. The SMILES string of the molecule is CCC(Cc1ccc(C(=O)NCc2ccccc2C)cc1)C(=O)O. The minimum atomic E-state index is -0.780. The zero-order valence-corrected chi connectivity index (χ0v) is 14.1. The lowest BCUT2D eigenvalue weighted by Crippen LogP contribution is -2.23. The van der Waals surface area contributed by atoms with Crippen molar-refractivity contribution < 1.29 is 14.7 Å². The van der Waals surface area contributed by atoms with Gasteiger partial charge in [0.05, 0.1) is 5.92 Å². The van der Waals surface area contributed by atoms with E-state index in [-0.39, 0.29) is 11.8 Å². The normalized spacial score (nSPS) is 11.8. The van der Waals surface area contributed by atoms with Crippen molar-refractivity contribution in [1.82, 2.24) is 5.32 Å². The number of aliphatic carboxylic acids is 1. The molecule has 0 saturated carbocycles. The molecular formula is C20H23NO3. The number of nitrogens with one attached hydrogen (secondary N) is 1. The highest BCUT2D eigenvalue weighted by atomic mass is 16.4. The van der Waals surface area contributed by atoms with E-state index in [2.05, 4.69) is 5.32 Å². The molecule has 0 aliphatic carbocycles. The van der Waals surface area contributed by atoms with E-state index in [4.69, 9.17) is 5.11 Å². The minimum Gasteiger partial charge on any atom is -0.481 e. The Morgan fingerprint density at radius 1 is 1.08 bits per heavy atom. The van der Waals surface area contributed by atoms with Crippen LogP contribution in [-0.2, 0) is 17.8 Å². The van der Waals surface area contributed by atoms with Crippen LogP contribution >= 0.6 is 0 Å². The lowest BCUT2D eigenvalue weighted by molar-refractivity contribution is -0.141. The lowest BCUT2D eigenvalue weighted by atomic mass is 9.96. The van der Waals surface area contributed by atoms with Crippen molar-refractivity contribution >= 4 is 11.9 Å². The number of aryl methyl sites for hydroxylation is 1. The van der Waals surface area contributed by atoms with E-state index < -0.39 is 5.97 Å².